The molecule has 24 heavy (non-hydrogen) atoms. The summed E-state index contributed by atoms with van der Waals surface area (Å²) in [5.74, 6) is -2.38. The Labute approximate surface area is 136 Å². The van der Waals surface area contributed by atoms with E-state index >= 15 is 0 Å². The number of hydrogen-bond acceptors (Lipinski definition) is 3. The van der Waals surface area contributed by atoms with Gasteiger partial charge in [-0.15, -0.1) is 0 Å². The number of fused-ring (bicyclic) bond motifs is 2. The molecule has 5 heteroatoms. The Hall–Kier alpha value is -3.47. The molecule has 4 rings (SSSR count). The lowest BCUT2D eigenvalue weighted by molar-refractivity contribution is -0.131. The first-order chi connectivity index (χ1) is 11.7. The number of carboxylic acid groups (broad SMARTS) is 1. The Morgan fingerprint density at radius 2 is 1.62 bits per heavy atom. The van der Waals surface area contributed by atoms with Crippen LogP contribution in [-0.4, -0.2) is 26.4 Å². The molecule has 0 bridgehead atoms. The van der Waals surface area contributed by atoms with Crippen molar-refractivity contribution in [2.24, 2.45) is 0 Å². The van der Waals surface area contributed by atoms with E-state index in [9.17, 15) is 9.59 Å². The molecule has 1 N–H and O–H groups in total. The summed E-state index contributed by atoms with van der Waals surface area (Å²) in [5, 5.41) is 11.6. The molecule has 0 atom stereocenters. The van der Waals surface area contributed by atoms with Gasteiger partial charge < -0.3 is 9.67 Å². The van der Waals surface area contributed by atoms with Crippen LogP contribution in [0, 0.1) is 0 Å². The SMILES string of the molecule is O=C(O)C(=O)c1cn(-c2cncc3ccccc23)c2ccccc12. The second kappa shape index (κ2) is 5.31. The van der Waals surface area contributed by atoms with Gasteiger partial charge in [0.1, 0.15) is 0 Å². The molecule has 0 saturated carbocycles. The zero-order chi connectivity index (χ0) is 16.7. The molecule has 2 aromatic carbocycles. The zero-order valence-corrected chi connectivity index (χ0v) is 12.5. The molecule has 2 aromatic heterocycles. The number of para-hydroxylation sites is 1. The molecule has 0 aliphatic carbocycles. The molecular weight excluding hydrogens is 304 g/mol. The van der Waals surface area contributed by atoms with Gasteiger partial charge in [-0.3, -0.25) is 9.78 Å². The van der Waals surface area contributed by atoms with Gasteiger partial charge in [-0.1, -0.05) is 42.5 Å². The van der Waals surface area contributed by atoms with Crippen LogP contribution < -0.4 is 0 Å². The summed E-state index contributed by atoms with van der Waals surface area (Å²) in [5.41, 5.74) is 1.74. The number of carbonyl (C=O) groups is 2. The average Bonchev–Trinajstić information content (AvgIpc) is 3.00. The monoisotopic (exact) mass is 316 g/mol. The Kier molecular flexibility index (Phi) is 3.13. The average molecular weight is 316 g/mol. The molecule has 2 heterocycles. The molecule has 4 aromatic rings. The van der Waals surface area contributed by atoms with Gasteiger partial charge in [-0.25, -0.2) is 4.79 Å². The number of aromatic nitrogens is 2. The van der Waals surface area contributed by atoms with Gasteiger partial charge in [0.05, 0.1) is 23.0 Å². The third-order valence-electron chi connectivity index (χ3n) is 4.06. The highest BCUT2D eigenvalue weighted by atomic mass is 16.4. The number of nitrogens with zero attached hydrogens (tertiary/aromatic N) is 2. The van der Waals surface area contributed by atoms with Gasteiger partial charge >= 0.3 is 5.97 Å². The minimum absolute atomic E-state index is 0.172. The van der Waals surface area contributed by atoms with Crippen molar-refractivity contribution in [3.8, 4) is 5.69 Å². The Morgan fingerprint density at radius 1 is 0.917 bits per heavy atom. The van der Waals surface area contributed by atoms with E-state index < -0.39 is 11.8 Å². The molecule has 0 saturated heterocycles. The van der Waals surface area contributed by atoms with Gasteiger partial charge in [0.15, 0.2) is 0 Å². The summed E-state index contributed by atoms with van der Waals surface area (Å²) in [7, 11) is 0. The zero-order valence-electron chi connectivity index (χ0n) is 12.5. The van der Waals surface area contributed by atoms with E-state index in [1.807, 2.05) is 41.0 Å². The summed E-state index contributed by atoms with van der Waals surface area (Å²) >= 11 is 0. The molecule has 0 amide bonds. The first-order valence-corrected chi connectivity index (χ1v) is 7.37. The number of aliphatic carboxylic acids is 1. The molecule has 0 aliphatic heterocycles. The van der Waals surface area contributed by atoms with E-state index in [-0.39, 0.29) is 5.56 Å². The number of carboxylic acids is 1. The lowest BCUT2D eigenvalue weighted by Crippen LogP contribution is -2.12. The summed E-state index contributed by atoms with van der Waals surface area (Å²) in [6.07, 6.45) is 5.06. The fraction of sp³-hybridized carbons (Fsp3) is 0. The van der Waals surface area contributed by atoms with Gasteiger partial charge in [0.25, 0.3) is 5.78 Å². The topological polar surface area (TPSA) is 72.2 Å². The standard InChI is InChI=1S/C19H12N2O3/c22-18(19(23)24)15-11-21(16-8-4-3-7-14(15)16)17-10-20-9-12-5-1-2-6-13(12)17/h1-11H,(H,23,24). The molecule has 116 valence electrons. The third-order valence-corrected chi connectivity index (χ3v) is 4.06. The Morgan fingerprint density at radius 3 is 2.42 bits per heavy atom. The van der Waals surface area contributed by atoms with Crippen molar-refractivity contribution in [3.63, 3.8) is 0 Å². The van der Waals surface area contributed by atoms with Crippen molar-refractivity contribution >= 4 is 33.4 Å². The third kappa shape index (κ3) is 2.06. The number of hydrogen-bond donors (Lipinski definition) is 1. The maximum Gasteiger partial charge on any atom is 0.377 e. The minimum atomic E-state index is -1.46. The number of Topliss-reactive ketones (excluding diaryl/α,β-unsaturated/α-hetero) is 1. The van der Waals surface area contributed by atoms with Crippen LogP contribution in [0.1, 0.15) is 10.4 Å². The fourth-order valence-corrected chi connectivity index (χ4v) is 2.97. The minimum Gasteiger partial charge on any atom is -0.475 e. The van der Waals surface area contributed by atoms with Crippen LogP contribution in [0.4, 0.5) is 0 Å². The van der Waals surface area contributed by atoms with Crippen LogP contribution >= 0.6 is 0 Å². The first-order valence-electron chi connectivity index (χ1n) is 7.37. The van der Waals surface area contributed by atoms with Gasteiger partial charge in [-0.05, 0) is 6.07 Å². The lowest BCUT2D eigenvalue weighted by atomic mass is 10.1. The predicted molar refractivity (Wildman–Crippen MR) is 90.5 cm³/mol. The molecule has 0 radical (unpaired) electrons. The maximum absolute atomic E-state index is 12.0. The first kappa shape index (κ1) is 14.1. The number of carbonyl (C=O) groups excluding carboxylic acids is 1. The number of benzene rings is 2. The van der Waals surface area contributed by atoms with Crippen molar-refractivity contribution in [1.29, 1.82) is 0 Å². The number of pyridine rings is 1. The molecular formula is C19H12N2O3. The fourth-order valence-electron chi connectivity index (χ4n) is 2.97. The highest BCUT2D eigenvalue weighted by Crippen LogP contribution is 2.28. The Balaban J connectivity index is 2.07. The van der Waals surface area contributed by atoms with Crippen molar-refractivity contribution in [2.75, 3.05) is 0 Å². The van der Waals surface area contributed by atoms with Crippen LogP contribution in [0.5, 0.6) is 0 Å². The highest BCUT2D eigenvalue weighted by molar-refractivity contribution is 6.42. The van der Waals surface area contributed by atoms with Crippen molar-refractivity contribution in [1.82, 2.24) is 9.55 Å². The van der Waals surface area contributed by atoms with E-state index in [2.05, 4.69) is 4.98 Å². The summed E-state index contributed by atoms with van der Waals surface area (Å²) < 4.78 is 1.82. The van der Waals surface area contributed by atoms with E-state index in [1.165, 1.54) is 0 Å². The van der Waals surface area contributed by atoms with E-state index in [0.717, 1.165) is 22.0 Å². The van der Waals surface area contributed by atoms with E-state index in [1.54, 1.807) is 30.7 Å². The highest BCUT2D eigenvalue weighted by Gasteiger charge is 2.21. The predicted octanol–water partition coefficient (Wildman–Crippen LogP) is 3.45. The quantitative estimate of drug-likeness (QED) is 0.464. The smallest absolute Gasteiger partial charge is 0.377 e. The molecule has 0 aliphatic rings. The summed E-state index contributed by atoms with van der Waals surface area (Å²) in [4.78, 5) is 27.4. The van der Waals surface area contributed by atoms with Crippen molar-refractivity contribution < 1.29 is 14.7 Å². The number of rotatable bonds is 3. The van der Waals surface area contributed by atoms with Crippen LogP contribution in [0.3, 0.4) is 0 Å². The van der Waals surface area contributed by atoms with Crippen LogP contribution in [0.2, 0.25) is 0 Å². The summed E-state index contributed by atoms with van der Waals surface area (Å²) in [6, 6.07) is 15.0. The van der Waals surface area contributed by atoms with Crippen LogP contribution in [0.25, 0.3) is 27.4 Å². The molecule has 0 fully saturated rings. The molecule has 0 unspecified atom stereocenters. The largest absolute Gasteiger partial charge is 0.475 e. The van der Waals surface area contributed by atoms with Gasteiger partial charge in [-0.2, -0.15) is 0 Å². The van der Waals surface area contributed by atoms with E-state index in [0.29, 0.717) is 5.39 Å². The normalized spacial score (nSPS) is 11.0. The van der Waals surface area contributed by atoms with E-state index in [4.69, 9.17) is 5.11 Å². The van der Waals surface area contributed by atoms with Crippen LogP contribution in [0.15, 0.2) is 67.1 Å². The Bertz CT molecular complexity index is 1110. The summed E-state index contributed by atoms with van der Waals surface area (Å²) in [6.45, 7) is 0. The second-order valence-corrected chi connectivity index (χ2v) is 5.44. The molecule has 5 nitrogen and oxygen atoms in total. The van der Waals surface area contributed by atoms with Gasteiger partial charge in [0.2, 0.25) is 0 Å². The molecule has 0 spiro atoms. The second-order valence-electron chi connectivity index (χ2n) is 5.44. The van der Waals surface area contributed by atoms with Gasteiger partial charge in [0, 0.05) is 28.6 Å². The maximum atomic E-state index is 12.0. The lowest BCUT2D eigenvalue weighted by Gasteiger charge is -2.08. The number of ketones is 1. The van der Waals surface area contributed by atoms with Crippen molar-refractivity contribution in [3.05, 3.63) is 72.7 Å². The van der Waals surface area contributed by atoms with Crippen molar-refractivity contribution in [2.45, 2.75) is 0 Å². The van der Waals surface area contributed by atoms with Crippen LogP contribution in [-0.2, 0) is 4.79 Å².